The van der Waals surface area contributed by atoms with Crippen LogP contribution in [0, 0.1) is 12.3 Å². The number of hydrogen-bond acceptors (Lipinski definition) is 5. The van der Waals surface area contributed by atoms with Gasteiger partial charge in [0.05, 0.1) is 29.2 Å². The number of halogens is 1. The second kappa shape index (κ2) is 7.81. The molecule has 0 unspecified atom stereocenters. The van der Waals surface area contributed by atoms with Crippen LogP contribution in [0.5, 0.6) is 11.5 Å². The number of nitrogens with one attached hydrogen (secondary N) is 1. The van der Waals surface area contributed by atoms with E-state index in [-0.39, 0.29) is 11.6 Å². The van der Waals surface area contributed by atoms with E-state index in [9.17, 15) is 9.59 Å². The van der Waals surface area contributed by atoms with Gasteiger partial charge in [-0.15, -0.1) is 11.1 Å². The Morgan fingerprint density at radius 1 is 1.33 bits per heavy atom. The second-order valence-corrected chi connectivity index (χ2v) is 5.77. The second-order valence-electron chi connectivity index (χ2n) is 5.36. The number of ether oxygens (including phenoxy) is 2. The predicted molar refractivity (Wildman–Crippen MR) is 104 cm³/mol. The summed E-state index contributed by atoms with van der Waals surface area (Å²) in [5, 5.41) is 4.59. The fourth-order valence-corrected chi connectivity index (χ4v) is 2.72. The van der Waals surface area contributed by atoms with Crippen molar-refractivity contribution in [3.63, 3.8) is 0 Å². The number of rotatable bonds is 5. The Bertz CT molecular complexity index is 1190. The van der Waals surface area contributed by atoms with E-state index in [4.69, 9.17) is 27.5 Å². The Morgan fingerprint density at radius 2 is 2.11 bits per heavy atom. The van der Waals surface area contributed by atoms with E-state index in [0.717, 1.165) is 4.68 Å². The van der Waals surface area contributed by atoms with Gasteiger partial charge in [-0.05, 0) is 29.8 Å². The van der Waals surface area contributed by atoms with Gasteiger partial charge in [0.15, 0.2) is 11.5 Å². The molecule has 0 atom stereocenters. The molecule has 3 aromatic rings. The SMILES string of the molecule is C#CCOc1c(Cl)cc(C=Nn2c(=O)[nH]c3ccccc3c2=O)cc1OC. The summed E-state index contributed by atoms with van der Waals surface area (Å²) in [6.45, 7) is 0.0331. The van der Waals surface area contributed by atoms with E-state index in [0.29, 0.717) is 28.0 Å². The molecule has 0 saturated carbocycles. The van der Waals surface area contributed by atoms with Crippen molar-refractivity contribution in [2.24, 2.45) is 5.10 Å². The van der Waals surface area contributed by atoms with Crippen molar-refractivity contribution in [1.82, 2.24) is 9.66 Å². The van der Waals surface area contributed by atoms with Crippen LogP contribution in [0.2, 0.25) is 5.02 Å². The van der Waals surface area contributed by atoms with Gasteiger partial charge in [0.2, 0.25) is 0 Å². The van der Waals surface area contributed by atoms with Gasteiger partial charge in [-0.25, -0.2) is 4.79 Å². The first kappa shape index (κ1) is 18.3. The van der Waals surface area contributed by atoms with E-state index in [1.807, 2.05) is 0 Å². The summed E-state index contributed by atoms with van der Waals surface area (Å²) in [6.07, 6.45) is 6.51. The van der Waals surface area contributed by atoms with E-state index in [2.05, 4.69) is 16.0 Å². The molecular weight excluding hydrogens is 370 g/mol. The standard InChI is InChI=1S/C19H14ClN3O4/c1-3-8-27-17-14(20)9-12(10-16(17)26-2)11-21-23-18(24)13-6-4-5-7-15(13)22-19(23)25/h1,4-7,9-11H,8H2,2H3,(H,22,25). The Balaban J connectivity index is 2.03. The van der Waals surface area contributed by atoms with Gasteiger partial charge in [0, 0.05) is 0 Å². The lowest BCUT2D eigenvalue weighted by atomic mass is 10.2. The number of fused-ring (bicyclic) bond motifs is 1. The zero-order valence-corrected chi connectivity index (χ0v) is 15.0. The van der Waals surface area contributed by atoms with Crippen molar-refractivity contribution in [2.75, 3.05) is 13.7 Å². The number of terminal acetylenes is 1. The lowest BCUT2D eigenvalue weighted by molar-refractivity contribution is 0.331. The Morgan fingerprint density at radius 3 is 2.85 bits per heavy atom. The van der Waals surface area contributed by atoms with Crippen molar-refractivity contribution in [3.05, 3.63) is 67.8 Å². The molecule has 0 amide bonds. The van der Waals surface area contributed by atoms with Crippen molar-refractivity contribution < 1.29 is 9.47 Å². The summed E-state index contributed by atoms with van der Waals surface area (Å²) < 4.78 is 11.4. The number of benzene rings is 2. The van der Waals surface area contributed by atoms with Crippen LogP contribution < -0.4 is 20.7 Å². The van der Waals surface area contributed by atoms with E-state index in [1.165, 1.54) is 13.3 Å². The van der Waals surface area contributed by atoms with Crippen LogP contribution in [-0.4, -0.2) is 29.6 Å². The van der Waals surface area contributed by atoms with Gasteiger partial charge < -0.3 is 14.5 Å². The number of para-hydroxylation sites is 1. The van der Waals surface area contributed by atoms with Gasteiger partial charge in [0.25, 0.3) is 5.56 Å². The normalized spacial score (nSPS) is 10.9. The zero-order chi connectivity index (χ0) is 19.4. The molecule has 7 nitrogen and oxygen atoms in total. The van der Waals surface area contributed by atoms with Crippen LogP contribution in [0.1, 0.15) is 5.56 Å². The third-order valence-corrected chi connectivity index (χ3v) is 3.94. The Hall–Kier alpha value is -3.50. The number of H-pyrrole nitrogens is 1. The van der Waals surface area contributed by atoms with Crippen molar-refractivity contribution in [2.45, 2.75) is 0 Å². The molecule has 8 heteroatoms. The number of methoxy groups -OCH3 is 1. The molecule has 136 valence electrons. The number of hydrogen-bond donors (Lipinski definition) is 1. The van der Waals surface area contributed by atoms with E-state index in [1.54, 1.807) is 36.4 Å². The van der Waals surface area contributed by atoms with Gasteiger partial charge in [-0.1, -0.05) is 29.7 Å². The van der Waals surface area contributed by atoms with Crippen molar-refractivity contribution in [3.8, 4) is 23.8 Å². The molecule has 1 N–H and O–H groups in total. The number of nitrogens with zero attached hydrogens (tertiary/aromatic N) is 2. The monoisotopic (exact) mass is 383 g/mol. The summed E-state index contributed by atoms with van der Waals surface area (Å²) in [6, 6.07) is 9.84. The smallest absolute Gasteiger partial charge is 0.349 e. The average Bonchev–Trinajstić information content (AvgIpc) is 2.66. The summed E-state index contributed by atoms with van der Waals surface area (Å²) in [7, 11) is 1.45. The molecule has 0 radical (unpaired) electrons. The molecule has 2 aromatic carbocycles. The molecule has 0 aliphatic rings. The number of aromatic nitrogens is 2. The minimum Gasteiger partial charge on any atom is -0.493 e. The minimum atomic E-state index is -0.651. The first-order valence-electron chi connectivity index (χ1n) is 7.77. The highest BCUT2D eigenvalue weighted by molar-refractivity contribution is 6.32. The molecule has 1 aromatic heterocycles. The highest BCUT2D eigenvalue weighted by atomic mass is 35.5. The van der Waals surface area contributed by atoms with E-state index < -0.39 is 11.2 Å². The van der Waals surface area contributed by atoms with Gasteiger partial charge >= 0.3 is 5.69 Å². The molecule has 27 heavy (non-hydrogen) atoms. The Kier molecular flexibility index (Phi) is 5.29. The zero-order valence-electron chi connectivity index (χ0n) is 14.2. The molecule has 3 rings (SSSR count). The van der Waals surface area contributed by atoms with Crippen LogP contribution in [0.25, 0.3) is 10.9 Å². The summed E-state index contributed by atoms with van der Waals surface area (Å²) in [4.78, 5) is 27.2. The maximum Gasteiger partial charge on any atom is 0.349 e. The lowest BCUT2D eigenvalue weighted by Gasteiger charge is -2.11. The first-order valence-corrected chi connectivity index (χ1v) is 8.15. The van der Waals surface area contributed by atoms with Gasteiger partial charge in [-0.2, -0.15) is 5.10 Å². The molecule has 1 heterocycles. The van der Waals surface area contributed by atoms with Crippen LogP contribution in [-0.2, 0) is 0 Å². The molecule has 0 saturated heterocycles. The predicted octanol–water partition coefficient (Wildman–Crippen LogP) is 2.25. The average molecular weight is 384 g/mol. The van der Waals surface area contributed by atoms with Crippen LogP contribution >= 0.6 is 11.6 Å². The molecule has 0 fully saturated rings. The first-order chi connectivity index (χ1) is 13.0. The highest BCUT2D eigenvalue weighted by Gasteiger charge is 2.11. The van der Waals surface area contributed by atoms with E-state index >= 15 is 0 Å². The molecule has 0 bridgehead atoms. The molecular formula is C19H14ClN3O4. The number of aromatic amines is 1. The summed E-state index contributed by atoms with van der Waals surface area (Å²) in [5.74, 6) is 2.99. The lowest BCUT2D eigenvalue weighted by Crippen LogP contribution is -2.32. The van der Waals surface area contributed by atoms with Crippen LogP contribution in [0.15, 0.2) is 51.1 Å². The highest BCUT2D eigenvalue weighted by Crippen LogP contribution is 2.35. The van der Waals surface area contributed by atoms with Crippen LogP contribution in [0.3, 0.4) is 0 Å². The Labute approximate surface area is 158 Å². The summed E-state index contributed by atoms with van der Waals surface area (Å²) >= 11 is 6.20. The van der Waals surface area contributed by atoms with Crippen LogP contribution in [0.4, 0.5) is 0 Å². The fraction of sp³-hybridized carbons (Fsp3) is 0.105. The third kappa shape index (κ3) is 3.71. The van der Waals surface area contributed by atoms with Gasteiger partial charge in [0.1, 0.15) is 6.61 Å². The maximum absolute atomic E-state index is 12.5. The molecule has 0 aliphatic heterocycles. The van der Waals surface area contributed by atoms with Crippen molar-refractivity contribution >= 4 is 28.7 Å². The molecule has 0 spiro atoms. The van der Waals surface area contributed by atoms with Gasteiger partial charge in [-0.3, -0.25) is 4.79 Å². The largest absolute Gasteiger partial charge is 0.493 e. The third-order valence-electron chi connectivity index (χ3n) is 3.66. The minimum absolute atomic E-state index is 0.0331. The molecule has 0 aliphatic carbocycles. The topological polar surface area (TPSA) is 85.7 Å². The maximum atomic E-state index is 12.5. The fourth-order valence-electron chi connectivity index (χ4n) is 2.45. The quantitative estimate of drug-likeness (QED) is 0.541. The van der Waals surface area contributed by atoms with Crippen molar-refractivity contribution in [1.29, 1.82) is 0 Å². The summed E-state index contributed by atoms with van der Waals surface area (Å²) in [5.41, 5.74) is -0.234.